The van der Waals surface area contributed by atoms with Gasteiger partial charge in [0.05, 0.1) is 6.21 Å². The zero-order chi connectivity index (χ0) is 5.54. The highest BCUT2D eigenvalue weighted by molar-refractivity contribution is 5.69. The van der Waals surface area contributed by atoms with Gasteiger partial charge in [-0.1, -0.05) is 18.3 Å². The van der Waals surface area contributed by atoms with Crippen molar-refractivity contribution < 1.29 is 4.84 Å². The second-order valence-corrected chi connectivity index (χ2v) is 0.762. The van der Waals surface area contributed by atoms with Crippen molar-refractivity contribution >= 4 is 6.21 Å². The van der Waals surface area contributed by atoms with E-state index in [1.54, 1.807) is 0 Å². The summed E-state index contributed by atoms with van der Waals surface area (Å²) in [7, 11) is 0. The molecule has 0 rings (SSSR count). The van der Waals surface area contributed by atoms with E-state index in [2.05, 4.69) is 23.2 Å². The first-order valence-electron chi connectivity index (χ1n) is 1.83. The summed E-state index contributed by atoms with van der Waals surface area (Å²) in [5.41, 5.74) is 0. The highest BCUT2D eigenvalue weighted by Crippen LogP contribution is 1.69. The Morgan fingerprint density at radius 1 is 1.43 bits per heavy atom. The largest absolute Gasteiger partial charge is 0.365 e. The van der Waals surface area contributed by atoms with Crippen molar-refractivity contribution in [1.82, 2.24) is 0 Å². The van der Waals surface area contributed by atoms with Crippen LogP contribution in [0.4, 0.5) is 0 Å². The van der Waals surface area contributed by atoms with Crippen LogP contribution in [0.3, 0.4) is 0 Å². The summed E-state index contributed by atoms with van der Waals surface area (Å²) in [5, 5.41) is 3.35. The average Bonchev–Trinajstić information content (AvgIpc) is 1.69. The molecular weight excluding hydrogens is 90.1 g/mol. The van der Waals surface area contributed by atoms with E-state index in [4.69, 9.17) is 0 Å². The van der Waals surface area contributed by atoms with Crippen molar-refractivity contribution in [3.8, 4) is 0 Å². The molecule has 0 aliphatic heterocycles. The van der Waals surface area contributed by atoms with Crippen LogP contribution in [-0.2, 0) is 4.84 Å². The first-order chi connectivity index (χ1) is 3.41. The fourth-order valence-corrected chi connectivity index (χ4v) is 0.121. The summed E-state index contributed by atoms with van der Waals surface area (Å²) in [6, 6.07) is 0. The smallest absolute Gasteiger partial charge is 0.114 e. The molecule has 2 nitrogen and oxygen atoms in total. The summed E-state index contributed by atoms with van der Waals surface area (Å²) < 4.78 is 0. The van der Waals surface area contributed by atoms with Crippen LogP contribution in [0.5, 0.6) is 0 Å². The lowest BCUT2D eigenvalue weighted by molar-refractivity contribution is 0.272. The van der Waals surface area contributed by atoms with Crippen molar-refractivity contribution in [2.45, 2.75) is 0 Å². The topological polar surface area (TPSA) is 21.6 Å². The van der Waals surface area contributed by atoms with E-state index in [9.17, 15) is 0 Å². The first-order valence-corrected chi connectivity index (χ1v) is 1.83. The first kappa shape index (κ1) is 5.95. The normalized spacial score (nSPS) is 8.57. The number of hydrogen-bond donors (Lipinski definition) is 0. The van der Waals surface area contributed by atoms with Crippen molar-refractivity contribution in [2.75, 3.05) is 0 Å². The Kier molecular flexibility index (Phi) is 4.21. The molecule has 0 unspecified atom stereocenters. The molecule has 0 atom stereocenters. The number of allylic oxidation sites excluding steroid dienone is 1. The highest BCUT2D eigenvalue weighted by atomic mass is 16.6. The van der Waals surface area contributed by atoms with Gasteiger partial charge in [0.1, 0.15) is 6.26 Å². The van der Waals surface area contributed by atoms with Gasteiger partial charge in [0.2, 0.25) is 0 Å². The number of oxime groups is 1. The zero-order valence-corrected chi connectivity index (χ0v) is 4.00. The lowest BCUT2D eigenvalue weighted by Crippen LogP contribution is -1.64. The fraction of sp³-hybridized carbons (Fsp3) is 0. The van der Waals surface area contributed by atoms with Gasteiger partial charge >= 0.3 is 0 Å². The lowest BCUT2D eigenvalue weighted by atomic mass is 10.7. The maximum Gasteiger partial charge on any atom is 0.114 e. The quantitative estimate of drug-likeness (QED) is 0.295. The van der Waals surface area contributed by atoms with Gasteiger partial charge in [-0.15, -0.1) is 0 Å². The summed E-state index contributed by atoms with van der Waals surface area (Å²) in [6.45, 7) is 6.63. The molecule has 7 heavy (non-hydrogen) atoms. The van der Waals surface area contributed by atoms with Gasteiger partial charge in [-0.2, -0.15) is 0 Å². The van der Waals surface area contributed by atoms with Crippen LogP contribution in [0.15, 0.2) is 30.7 Å². The number of hydrogen-bond acceptors (Lipinski definition) is 2. The molecule has 0 aliphatic carbocycles. The molecule has 0 saturated heterocycles. The lowest BCUT2D eigenvalue weighted by Gasteiger charge is -1.78. The third kappa shape index (κ3) is 4.95. The molecule has 0 amide bonds. The minimum absolute atomic E-state index is 1.24. The molecule has 0 aliphatic rings. The second kappa shape index (κ2) is 4.95. The molecule has 0 aromatic rings. The molecule has 0 heterocycles. The molecule has 0 fully saturated rings. The van der Waals surface area contributed by atoms with Crippen molar-refractivity contribution in [3.05, 3.63) is 25.5 Å². The number of rotatable bonds is 3. The Balaban J connectivity index is 3.08. The van der Waals surface area contributed by atoms with Crippen molar-refractivity contribution in [1.29, 1.82) is 0 Å². The Hall–Kier alpha value is -1.05. The SMILES string of the molecule is C=C/C=N\OC=C. The second-order valence-electron chi connectivity index (χ2n) is 0.762. The Morgan fingerprint density at radius 2 is 2.14 bits per heavy atom. The fourth-order valence-electron chi connectivity index (χ4n) is 0.121. The van der Waals surface area contributed by atoms with E-state index >= 15 is 0 Å². The van der Waals surface area contributed by atoms with E-state index in [1.807, 2.05) is 0 Å². The van der Waals surface area contributed by atoms with Crippen LogP contribution in [0, 0.1) is 0 Å². The highest BCUT2D eigenvalue weighted by Gasteiger charge is 1.56. The van der Waals surface area contributed by atoms with Gasteiger partial charge in [0, 0.05) is 0 Å². The van der Waals surface area contributed by atoms with E-state index < -0.39 is 0 Å². The van der Waals surface area contributed by atoms with Crippen LogP contribution < -0.4 is 0 Å². The predicted molar refractivity (Wildman–Crippen MR) is 30.0 cm³/mol. The van der Waals surface area contributed by atoms with Gasteiger partial charge in [-0.3, -0.25) is 0 Å². The Labute approximate surface area is 42.8 Å². The van der Waals surface area contributed by atoms with E-state index in [0.717, 1.165) is 0 Å². The molecule has 0 bridgehead atoms. The summed E-state index contributed by atoms with van der Waals surface area (Å²) in [4.78, 5) is 4.34. The van der Waals surface area contributed by atoms with E-state index in [1.165, 1.54) is 18.6 Å². The molecule has 0 radical (unpaired) electrons. The van der Waals surface area contributed by atoms with Crippen LogP contribution in [0.1, 0.15) is 0 Å². The molecule has 0 saturated carbocycles. The number of nitrogens with zero attached hydrogens (tertiary/aromatic N) is 1. The minimum atomic E-state index is 1.24. The van der Waals surface area contributed by atoms with E-state index in [-0.39, 0.29) is 0 Å². The molecule has 0 aromatic heterocycles. The summed E-state index contributed by atoms with van der Waals surface area (Å²) >= 11 is 0. The molecule has 0 N–H and O–H groups in total. The van der Waals surface area contributed by atoms with Crippen LogP contribution in [0.2, 0.25) is 0 Å². The van der Waals surface area contributed by atoms with Gasteiger partial charge < -0.3 is 4.84 Å². The van der Waals surface area contributed by atoms with Gasteiger partial charge in [0.25, 0.3) is 0 Å². The van der Waals surface area contributed by atoms with Crippen LogP contribution >= 0.6 is 0 Å². The summed E-state index contributed by atoms with van der Waals surface area (Å²) in [6.07, 6.45) is 4.19. The molecule has 0 aromatic carbocycles. The van der Waals surface area contributed by atoms with Crippen molar-refractivity contribution in [3.63, 3.8) is 0 Å². The zero-order valence-electron chi connectivity index (χ0n) is 4.00. The van der Waals surface area contributed by atoms with Gasteiger partial charge in [0.15, 0.2) is 0 Å². The average molecular weight is 97.1 g/mol. The maximum absolute atomic E-state index is 4.34. The van der Waals surface area contributed by atoms with E-state index in [0.29, 0.717) is 0 Å². The van der Waals surface area contributed by atoms with Crippen LogP contribution in [0.25, 0.3) is 0 Å². The third-order valence-electron chi connectivity index (χ3n) is 0.302. The van der Waals surface area contributed by atoms with Gasteiger partial charge in [-0.25, -0.2) is 0 Å². The predicted octanol–water partition coefficient (Wildman–Crippen LogP) is 1.32. The Morgan fingerprint density at radius 3 is 2.57 bits per heavy atom. The minimum Gasteiger partial charge on any atom is -0.365 e. The third-order valence-corrected chi connectivity index (χ3v) is 0.302. The standard InChI is InChI=1S/C5H7NO/c1-3-5-6-7-4-2/h3-5H,1-2H2/b6-5-. The molecule has 38 valence electrons. The molecule has 0 spiro atoms. The van der Waals surface area contributed by atoms with Crippen molar-refractivity contribution in [2.24, 2.45) is 5.16 Å². The maximum atomic E-state index is 4.34. The molecular formula is C5H7NO. The van der Waals surface area contributed by atoms with Gasteiger partial charge in [-0.05, 0) is 6.08 Å². The van der Waals surface area contributed by atoms with Crippen LogP contribution in [-0.4, -0.2) is 6.21 Å². The monoisotopic (exact) mass is 97.1 g/mol. The summed E-state index contributed by atoms with van der Waals surface area (Å²) in [5.74, 6) is 0. The Bertz CT molecular complexity index is 86.1. The molecule has 2 heteroatoms.